The van der Waals surface area contributed by atoms with E-state index in [0.29, 0.717) is 24.2 Å². The van der Waals surface area contributed by atoms with Gasteiger partial charge in [-0.2, -0.15) is 5.10 Å². The van der Waals surface area contributed by atoms with Crippen LogP contribution in [0.2, 0.25) is 0 Å². The number of hydrogen-bond donors (Lipinski definition) is 2. The minimum absolute atomic E-state index is 0.130. The molecule has 0 aromatic carbocycles. The zero-order chi connectivity index (χ0) is 15.1. The summed E-state index contributed by atoms with van der Waals surface area (Å²) in [5.41, 5.74) is 5.99. The summed E-state index contributed by atoms with van der Waals surface area (Å²) < 4.78 is 25.5. The molecule has 1 atom stereocenters. The van der Waals surface area contributed by atoms with E-state index in [9.17, 15) is 8.42 Å². The Morgan fingerprint density at radius 2 is 2.00 bits per heavy atom. The van der Waals surface area contributed by atoms with Gasteiger partial charge in [-0.15, -0.1) is 0 Å². The molecule has 0 amide bonds. The molecule has 6 nitrogen and oxygen atoms in total. The zero-order valence-electron chi connectivity index (χ0n) is 12.5. The van der Waals surface area contributed by atoms with Crippen molar-refractivity contribution in [2.24, 2.45) is 11.8 Å². The highest BCUT2D eigenvalue weighted by molar-refractivity contribution is 7.91. The lowest BCUT2D eigenvalue weighted by Crippen LogP contribution is -2.19. The second-order valence-electron chi connectivity index (χ2n) is 6.18. The third-order valence-corrected chi connectivity index (χ3v) is 4.69. The Balaban J connectivity index is 2.37. The van der Waals surface area contributed by atoms with E-state index in [1.807, 2.05) is 13.8 Å². The first-order valence-electron chi connectivity index (χ1n) is 7.03. The Hall–Kier alpha value is -1.24. The van der Waals surface area contributed by atoms with Crippen LogP contribution in [0.4, 0.5) is 11.6 Å². The summed E-state index contributed by atoms with van der Waals surface area (Å²) in [6.45, 7) is 6.75. The molecule has 1 aliphatic rings. The number of hydrogen-bond acceptors (Lipinski definition) is 5. The van der Waals surface area contributed by atoms with Crippen LogP contribution in [0.25, 0.3) is 0 Å². The Kier molecular flexibility index (Phi) is 4.00. The molecule has 20 heavy (non-hydrogen) atoms. The van der Waals surface area contributed by atoms with Crippen LogP contribution in [0.1, 0.15) is 33.6 Å². The van der Waals surface area contributed by atoms with Gasteiger partial charge in [0.15, 0.2) is 20.6 Å². The van der Waals surface area contributed by atoms with E-state index in [2.05, 4.69) is 17.3 Å². The van der Waals surface area contributed by atoms with Crippen molar-refractivity contribution in [3.05, 3.63) is 0 Å². The number of nitrogens with two attached hydrogens (primary N) is 1. The van der Waals surface area contributed by atoms with Crippen LogP contribution in [-0.4, -0.2) is 30.5 Å². The predicted octanol–water partition coefficient (Wildman–Crippen LogP) is 1.74. The van der Waals surface area contributed by atoms with E-state index >= 15 is 0 Å². The molecule has 1 unspecified atom stereocenters. The van der Waals surface area contributed by atoms with E-state index in [4.69, 9.17) is 5.73 Å². The molecule has 0 bridgehead atoms. The number of nitrogen functional groups attached to an aromatic ring is 1. The van der Waals surface area contributed by atoms with Crippen LogP contribution >= 0.6 is 0 Å². The van der Waals surface area contributed by atoms with Gasteiger partial charge in [-0.3, -0.25) is 0 Å². The average Bonchev–Trinajstić information content (AvgIpc) is 3.04. The number of anilines is 2. The van der Waals surface area contributed by atoms with Gasteiger partial charge >= 0.3 is 0 Å². The van der Waals surface area contributed by atoms with Crippen LogP contribution < -0.4 is 11.1 Å². The molecule has 1 aromatic rings. The number of nitrogens with one attached hydrogen (secondary N) is 1. The summed E-state index contributed by atoms with van der Waals surface area (Å²) in [5, 5.41) is 7.59. The van der Waals surface area contributed by atoms with Crippen molar-refractivity contribution in [3.8, 4) is 0 Å². The molecule has 114 valence electrons. The topological polar surface area (TPSA) is 90.0 Å². The molecule has 1 aromatic heterocycles. The van der Waals surface area contributed by atoms with Gasteiger partial charge < -0.3 is 11.1 Å². The van der Waals surface area contributed by atoms with E-state index in [1.54, 1.807) is 4.68 Å². The van der Waals surface area contributed by atoms with Crippen LogP contribution in [0.15, 0.2) is 4.90 Å². The maximum atomic E-state index is 12.0. The lowest BCUT2D eigenvalue weighted by molar-refractivity contribution is 0.488. The number of aromatic nitrogens is 2. The van der Waals surface area contributed by atoms with Crippen molar-refractivity contribution in [1.29, 1.82) is 0 Å². The second-order valence-corrected chi connectivity index (χ2v) is 8.13. The van der Waals surface area contributed by atoms with Crippen molar-refractivity contribution in [1.82, 2.24) is 9.78 Å². The molecular weight excluding hydrogens is 276 g/mol. The molecule has 2 rings (SSSR count). The molecular formula is C13H24N4O2S. The zero-order valence-corrected chi connectivity index (χ0v) is 13.4. The van der Waals surface area contributed by atoms with Gasteiger partial charge in [0, 0.05) is 18.8 Å². The van der Waals surface area contributed by atoms with E-state index in [-0.39, 0.29) is 16.8 Å². The molecule has 7 heteroatoms. The largest absolute Gasteiger partial charge is 0.383 e. The third-order valence-electron chi connectivity index (χ3n) is 3.55. The number of rotatable bonds is 6. The average molecular weight is 300 g/mol. The molecule has 0 aliphatic heterocycles. The van der Waals surface area contributed by atoms with Crippen molar-refractivity contribution >= 4 is 21.5 Å². The van der Waals surface area contributed by atoms with Crippen molar-refractivity contribution in [2.75, 3.05) is 17.3 Å². The molecule has 0 saturated heterocycles. The van der Waals surface area contributed by atoms with Gasteiger partial charge in [-0.1, -0.05) is 13.8 Å². The quantitative estimate of drug-likeness (QED) is 0.835. The molecule has 0 spiro atoms. The van der Waals surface area contributed by atoms with Crippen molar-refractivity contribution in [2.45, 2.75) is 51.1 Å². The van der Waals surface area contributed by atoms with Crippen LogP contribution in [0.5, 0.6) is 0 Å². The molecule has 1 aliphatic carbocycles. The minimum Gasteiger partial charge on any atom is -0.383 e. The highest BCUT2D eigenvalue weighted by atomic mass is 32.2. The molecule has 0 radical (unpaired) electrons. The summed E-state index contributed by atoms with van der Waals surface area (Å²) in [4.78, 5) is 0.130. The van der Waals surface area contributed by atoms with Crippen LogP contribution in [-0.2, 0) is 16.4 Å². The fraction of sp³-hybridized carbons (Fsp3) is 0.769. The van der Waals surface area contributed by atoms with Crippen LogP contribution in [0, 0.1) is 11.8 Å². The molecule has 1 heterocycles. The van der Waals surface area contributed by atoms with Gasteiger partial charge in [0.25, 0.3) is 0 Å². The Morgan fingerprint density at radius 3 is 2.45 bits per heavy atom. The lowest BCUT2D eigenvalue weighted by Gasteiger charge is -2.12. The minimum atomic E-state index is -3.40. The Morgan fingerprint density at radius 1 is 1.40 bits per heavy atom. The lowest BCUT2D eigenvalue weighted by atomic mass is 10.2. The van der Waals surface area contributed by atoms with E-state index in [1.165, 1.54) is 19.1 Å². The fourth-order valence-corrected chi connectivity index (χ4v) is 3.27. The van der Waals surface area contributed by atoms with Gasteiger partial charge in [0.05, 0.1) is 0 Å². The summed E-state index contributed by atoms with van der Waals surface area (Å²) in [7, 11) is -3.40. The summed E-state index contributed by atoms with van der Waals surface area (Å²) in [6.07, 6.45) is 3.54. The standard InChI is InChI=1S/C13H24N4O2S/c1-8(2)7-17-12(14)11(20(4,18)19)13(16-17)15-9(3)10-5-6-10/h8-10H,5-7,14H2,1-4H3,(H,15,16). The van der Waals surface area contributed by atoms with Gasteiger partial charge in [-0.25, -0.2) is 13.1 Å². The van der Waals surface area contributed by atoms with Crippen molar-refractivity contribution in [3.63, 3.8) is 0 Å². The fourth-order valence-electron chi connectivity index (χ4n) is 2.33. The number of sulfone groups is 1. The normalized spacial score (nSPS) is 17.4. The second kappa shape index (κ2) is 5.27. The van der Waals surface area contributed by atoms with Crippen molar-refractivity contribution < 1.29 is 8.42 Å². The maximum Gasteiger partial charge on any atom is 0.182 e. The summed E-state index contributed by atoms with van der Waals surface area (Å²) in [6, 6.07) is 0.220. The SMILES string of the molecule is CC(C)Cn1nc(NC(C)C2CC2)c(S(C)(=O)=O)c1N. The first-order chi connectivity index (χ1) is 9.20. The monoisotopic (exact) mass is 300 g/mol. The highest BCUT2D eigenvalue weighted by Gasteiger charge is 2.31. The van der Waals surface area contributed by atoms with Gasteiger partial charge in [0.1, 0.15) is 5.82 Å². The first-order valence-corrected chi connectivity index (χ1v) is 8.92. The Bertz CT molecular complexity index is 588. The van der Waals surface area contributed by atoms with E-state index < -0.39 is 9.84 Å². The smallest absolute Gasteiger partial charge is 0.182 e. The van der Waals surface area contributed by atoms with Gasteiger partial charge in [0.2, 0.25) is 0 Å². The predicted molar refractivity (Wildman–Crippen MR) is 80.4 cm³/mol. The summed E-state index contributed by atoms with van der Waals surface area (Å²) >= 11 is 0. The molecule has 3 N–H and O–H groups in total. The van der Waals surface area contributed by atoms with Crippen LogP contribution in [0.3, 0.4) is 0 Å². The molecule has 1 fully saturated rings. The molecule has 1 saturated carbocycles. The first kappa shape index (κ1) is 15.2. The number of nitrogens with zero attached hydrogens (tertiary/aromatic N) is 2. The van der Waals surface area contributed by atoms with E-state index in [0.717, 1.165) is 0 Å². The van der Waals surface area contributed by atoms with Gasteiger partial charge in [-0.05, 0) is 31.6 Å². The Labute approximate surface area is 120 Å². The third kappa shape index (κ3) is 3.26. The maximum absolute atomic E-state index is 12.0. The summed E-state index contributed by atoms with van der Waals surface area (Å²) in [5.74, 6) is 1.58. The highest BCUT2D eigenvalue weighted by Crippen LogP contribution is 2.36.